The van der Waals surface area contributed by atoms with Crippen LogP contribution in [-0.4, -0.2) is 0 Å². The topological polar surface area (TPSA) is 38.0 Å². The largest absolute Gasteiger partial charge is 0.399 e. The van der Waals surface area contributed by atoms with Gasteiger partial charge in [-0.25, -0.2) is 4.39 Å². The van der Waals surface area contributed by atoms with Gasteiger partial charge in [-0.15, -0.1) is 0 Å². The van der Waals surface area contributed by atoms with Crippen LogP contribution in [0.1, 0.15) is 0 Å². The Kier molecular flexibility index (Phi) is 4.00. The van der Waals surface area contributed by atoms with Crippen molar-refractivity contribution >= 4 is 56.2 Å². The first-order chi connectivity index (χ1) is 8.47. The van der Waals surface area contributed by atoms with Gasteiger partial charge in [0.25, 0.3) is 0 Å². The van der Waals surface area contributed by atoms with Crippen LogP contribution in [0.5, 0.6) is 0 Å². The summed E-state index contributed by atoms with van der Waals surface area (Å²) in [5.41, 5.74) is 6.97. The van der Waals surface area contributed by atoms with E-state index >= 15 is 0 Å². The van der Waals surface area contributed by atoms with E-state index in [1.165, 1.54) is 12.1 Å². The van der Waals surface area contributed by atoms with Crippen LogP contribution < -0.4 is 11.1 Å². The van der Waals surface area contributed by atoms with Crippen LogP contribution >= 0.6 is 39.1 Å². The summed E-state index contributed by atoms with van der Waals surface area (Å²) in [5.74, 6) is -0.420. The van der Waals surface area contributed by atoms with Crippen molar-refractivity contribution in [3.8, 4) is 0 Å². The third kappa shape index (κ3) is 2.88. The SMILES string of the molecule is Nc1cc(F)cc(Nc2ccc(Br)c(Cl)c2Cl)c1. The molecular formula is C12H8BrCl2FN2. The standard InChI is InChI=1S/C12H8BrCl2FN2/c13-9-1-2-10(12(15)11(9)14)18-8-4-6(16)3-7(17)5-8/h1-5,18H,17H2. The van der Waals surface area contributed by atoms with Crippen LogP contribution in [0.25, 0.3) is 0 Å². The summed E-state index contributed by atoms with van der Waals surface area (Å²) >= 11 is 15.3. The monoisotopic (exact) mass is 348 g/mol. The highest BCUT2D eigenvalue weighted by molar-refractivity contribution is 9.10. The molecule has 0 aromatic heterocycles. The normalized spacial score (nSPS) is 10.4. The molecule has 3 N–H and O–H groups in total. The maximum Gasteiger partial charge on any atom is 0.127 e. The smallest absolute Gasteiger partial charge is 0.127 e. The molecule has 0 heterocycles. The predicted molar refractivity (Wildman–Crippen MR) is 78.3 cm³/mol. The van der Waals surface area contributed by atoms with Crippen LogP contribution in [0.3, 0.4) is 0 Å². The number of anilines is 3. The number of nitrogens with two attached hydrogens (primary N) is 1. The van der Waals surface area contributed by atoms with Gasteiger partial charge in [-0.1, -0.05) is 23.2 Å². The first-order valence-electron chi connectivity index (χ1n) is 4.94. The second-order valence-electron chi connectivity index (χ2n) is 3.62. The minimum atomic E-state index is -0.420. The minimum Gasteiger partial charge on any atom is -0.399 e. The Labute approximate surface area is 122 Å². The molecule has 0 saturated carbocycles. The van der Waals surface area contributed by atoms with Gasteiger partial charge in [0.15, 0.2) is 0 Å². The minimum absolute atomic E-state index is 0.330. The molecule has 0 saturated heterocycles. The summed E-state index contributed by atoms with van der Waals surface area (Å²) in [6.07, 6.45) is 0. The number of nitrogens with one attached hydrogen (secondary N) is 1. The molecule has 18 heavy (non-hydrogen) atoms. The van der Waals surface area contributed by atoms with Gasteiger partial charge in [0, 0.05) is 15.8 Å². The van der Waals surface area contributed by atoms with E-state index in [0.717, 1.165) is 0 Å². The van der Waals surface area contributed by atoms with E-state index < -0.39 is 5.82 Å². The molecule has 2 rings (SSSR count). The van der Waals surface area contributed by atoms with Crippen molar-refractivity contribution < 1.29 is 4.39 Å². The second-order valence-corrected chi connectivity index (χ2v) is 5.23. The molecule has 2 aromatic carbocycles. The van der Waals surface area contributed by atoms with Crippen molar-refractivity contribution in [3.63, 3.8) is 0 Å². The number of halogens is 4. The zero-order chi connectivity index (χ0) is 13.3. The van der Waals surface area contributed by atoms with E-state index in [1.807, 2.05) is 0 Å². The van der Waals surface area contributed by atoms with Gasteiger partial charge in [0.1, 0.15) is 5.82 Å². The molecule has 0 aliphatic carbocycles. The Hall–Kier alpha value is -0.970. The van der Waals surface area contributed by atoms with Crippen LogP contribution in [0.2, 0.25) is 10.0 Å². The lowest BCUT2D eigenvalue weighted by Gasteiger charge is -2.11. The first kappa shape index (κ1) is 13.5. The molecule has 0 atom stereocenters. The molecular weight excluding hydrogens is 342 g/mol. The fourth-order valence-corrected chi connectivity index (χ4v) is 2.28. The molecule has 0 spiro atoms. The first-order valence-corrected chi connectivity index (χ1v) is 6.49. The Balaban J connectivity index is 2.37. The molecule has 0 aliphatic rings. The zero-order valence-electron chi connectivity index (χ0n) is 8.98. The molecule has 0 unspecified atom stereocenters. The van der Waals surface area contributed by atoms with Crippen molar-refractivity contribution in [1.82, 2.24) is 0 Å². The maximum absolute atomic E-state index is 13.2. The summed E-state index contributed by atoms with van der Waals surface area (Å²) in [4.78, 5) is 0. The van der Waals surface area contributed by atoms with Crippen LogP contribution in [0, 0.1) is 5.82 Å². The molecule has 0 amide bonds. The third-order valence-electron chi connectivity index (χ3n) is 2.23. The number of benzene rings is 2. The predicted octanol–water partition coefficient (Wildman–Crippen LogP) is 5.22. The van der Waals surface area contributed by atoms with E-state index in [2.05, 4.69) is 21.2 Å². The molecule has 2 aromatic rings. The Morgan fingerprint density at radius 3 is 2.50 bits per heavy atom. The zero-order valence-corrected chi connectivity index (χ0v) is 12.1. The van der Waals surface area contributed by atoms with E-state index in [-0.39, 0.29) is 0 Å². The van der Waals surface area contributed by atoms with E-state index in [4.69, 9.17) is 28.9 Å². The van der Waals surface area contributed by atoms with Gasteiger partial charge in [0.2, 0.25) is 0 Å². The van der Waals surface area contributed by atoms with Crippen molar-refractivity contribution in [3.05, 3.63) is 50.7 Å². The average Bonchev–Trinajstić information content (AvgIpc) is 2.29. The van der Waals surface area contributed by atoms with Crippen molar-refractivity contribution in [2.45, 2.75) is 0 Å². The van der Waals surface area contributed by atoms with Gasteiger partial charge in [-0.3, -0.25) is 0 Å². The molecule has 0 fully saturated rings. The maximum atomic E-state index is 13.2. The number of hydrogen-bond acceptors (Lipinski definition) is 2. The molecule has 6 heteroatoms. The van der Waals surface area contributed by atoms with Gasteiger partial charge in [0.05, 0.1) is 15.7 Å². The summed E-state index contributed by atoms with van der Waals surface area (Å²) in [7, 11) is 0. The Morgan fingerprint density at radius 2 is 1.83 bits per heavy atom. The van der Waals surface area contributed by atoms with E-state index in [0.29, 0.717) is 31.6 Å². The second kappa shape index (κ2) is 5.34. The van der Waals surface area contributed by atoms with Gasteiger partial charge in [-0.05, 0) is 46.3 Å². The number of nitrogen functional groups attached to an aromatic ring is 1. The molecule has 0 radical (unpaired) electrons. The van der Waals surface area contributed by atoms with Crippen molar-refractivity contribution in [1.29, 1.82) is 0 Å². The lowest BCUT2D eigenvalue weighted by atomic mass is 10.2. The lowest BCUT2D eigenvalue weighted by Crippen LogP contribution is -1.95. The van der Waals surface area contributed by atoms with Gasteiger partial charge in [-0.2, -0.15) is 0 Å². The highest BCUT2D eigenvalue weighted by Crippen LogP contribution is 2.37. The quantitative estimate of drug-likeness (QED) is 0.576. The van der Waals surface area contributed by atoms with Crippen LogP contribution in [0.4, 0.5) is 21.5 Å². The lowest BCUT2D eigenvalue weighted by molar-refractivity contribution is 0.629. The summed E-state index contributed by atoms with van der Waals surface area (Å²) in [6.45, 7) is 0. The molecule has 94 valence electrons. The Morgan fingerprint density at radius 1 is 1.11 bits per heavy atom. The van der Waals surface area contributed by atoms with Crippen LogP contribution in [0.15, 0.2) is 34.8 Å². The Bertz CT molecular complexity index is 585. The summed E-state index contributed by atoms with van der Waals surface area (Å²) < 4.78 is 13.9. The number of hydrogen-bond donors (Lipinski definition) is 2. The highest BCUT2D eigenvalue weighted by Gasteiger charge is 2.09. The van der Waals surface area contributed by atoms with Crippen molar-refractivity contribution in [2.24, 2.45) is 0 Å². The number of rotatable bonds is 2. The van der Waals surface area contributed by atoms with Crippen LogP contribution in [-0.2, 0) is 0 Å². The third-order valence-corrected chi connectivity index (χ3v) is 4.01. The molecule has 0 aliphatic heterocycles. The summed E-state index contributed by atoms with van der Waals surface area (Å²) in [5, 5.41) is 3.71. The highest BCUT2D eigenvalue weighted by atomic mass is 79.9. The fourth-order valence-electron chi connectivity index (χ4n) is 1.46. The van der Waals surface area contributed by atoms with Gasteiger partial charge >= 0.3 is 0 Å². The fraction of sp³-hybridized carbons (Fsp3) is 0. The van der Waals surface area contributed by atoms with Crippen molar-refractivity contribution in [2.75, 3.05) is 11.1 Å². The average molecular weight is 350 g/mol. The molecule has 0 bridgehead atoms. The van der Waals surface area contributed by atoms with E-state index in [1.54, 1.807) is 18.2 Å². The molecule has 2 nitrogen and oxygen atoms in total. The van der Waals surface area contributed by atoms with E-state index in [9.17, 15) is 4.39 Å². The summed E-state index contributed by atoms with van der Waals surface area (Å²) in [6, 6.07) is 7.65. The van der Waals surface area contributed by atoms with Gasteiger partial charge < -0.3 is 11.1 Å².